The van der Waals surface area contributed by atoms with Gasteiger partial charge in [0.05, 0.1) is 0 Å². The van der Waals surface area contributed by atoms with Gasteiger partial charge in [0, 0.05) is 7.11 Å². The summed E-state index contributed by atoms with van der Waals surface area (Å²) in [6.07, 6.45) is 1.32. The number of hydrogen-bond acceptors (Lipinski definition) is 5. The van der Waals surface area contributed by atoms with Gasteiger partial charge in [-0.05, 0) is 31.9 Å². The van der Waals surface area contributed by atoms with Gasteiger partial charge in [0.1, 0.15) is 17.9 Å². The Hall–Kier alpha value is -1.36. The molecule has 0 aliphatic heterocycles. The zero-order valence-corrected chi connectivity index (χ0v) is 14.3. The third-order valence-corrected chi connectivity index (χ3v) is 4.74. The predicted molar refractivity (Wildman–Crippen MR) is 84.7 cm³/mol. The summed E-state index contributed by atoms with van der Waals surface area (Å²) in [5, 5.41) is 2.58. The number of hydrogen-bond donors (Lipinski definition) is 1. The first kappa shape index (κ1) is 18.7. The summed E-state index contributed by atoms with van der Waals surface area (Å²) < 4.78 is 28.1. The van der Waals surface area contributed by atoms with E-state index in [1.165, 1.54) is 7.11 Å². The number of nitrogens with one attached hydrogen (secondary N) is 1. The number of para-hydroxylation sites is 1. The first-order valence-electron chi connectivity index (χ1n) is 7.32. The van der Waals surface area contributed by atoms with Gasteiger partial charge in [0.25, 0.3) is 0 Å². The third kappa shape index (κ3) is 5.79. The fourth-order valence-corrected chi connectivity index (χ4v) is 2.96. The highest BCUT2D eigenvalue weighted by Gasteiger charge is 2.31. The van der Waals surface area contributed by atoms with Crippen LogP contribution in [0.1, 0.15) is 33.6 Å². The lowest BCUT2D eigenvalue weighted by Crippen LogP contribution is -2.36. The van der Waals surface area contributed by atoms with E-state index in [9.17, 15) is 9.36 Å². The van der Waals surface area contributed by atoms with Crippen molar-refractivity contribution < 1.29 is 23.1 Å². The molecule has 0 saturated heterocycles. The van der Waals surface area contributed by atoms with Crippen molar-refractivity contribution in [1.82, 2.24) is 5.09 Å². The molecule has 0 aliphatic carbocycles. The zero-order chi connectivity index (χ0) is 16.6. The maximum Gasteiger partial charge on any atom is 0.459 e. The average Bonchev–Trinajstić information content (AvgIpc) is 2.53. The number of esters is 1. The summed E-state index contributed by atoms with van der Waals surface area (Å²) in [5.41, 5.74) is 0. The van der Waals surface area contributed by atoms with Gasteiger partial charge in [-0.25, -0.2) is 4.57 Å². The zero-order valence-electron chi connectivity index (χ0n) is 13.4. The van der Waals surface area contributed by atoms with Crippen LogP contribution in [0.5, 0.6) is 5.75 Å². The van der Waals surface area contributed by atoms with E-state index in [1.807, 2.05) is 19.9 Å². The van der Waals surface area contributed by atoms with Crippen LogP contribution in [0, 0.1) is 0 Å². The topological polar surface area (TPSA) is 73.9 Å². The van der Waals surface area contributed by atoms with Crippen LogP contribution in [0.4, 0.5) is 0 Å². The van der Waals surface area contributed by atoms with Crippen molar-refractivity contribution in [3.8, 4) is 5.75 Å². The Kier molecular flexibility index (Phi) is 7.59. The van der Waals surface area contributed by atoms with E-state index in [1.54, 1.807) is 31.2 Å². The van der Waals surface area contributed by atoms with Crippen LogP contribution in [0.15, 0.2) is 30.3 Å². The second kappa shape index (κ2) is 8.93. The van der Waals surface area contributed by atoms with Crippen LogP contribution < -0.4 is 9.61 Å². The molecule has 1 aromatic carbocycles. The van der Waals surface area contributed by atoms with Crippen LogP contribution in [-0.2, 0) is 18.6 Å². The molecule has 1 N–H and O–H groups in total. The molecule has 0 amide bonds. The standard InChI is InChI=1S/C15H24NO5P/c1-5-13(6-2)20-15(17)12(3)16-22(18,19-4)21-14-10-8-7-9-11-14/h7-13H,5-6H2,1-4H3,(H,16,18). The second-order valence-electron chi connectivity index (χ2n) is 4.81. The highest BCUT2D eigenvalue weighted by molar-refractivity contribution is 7.52. The van der Waals surface area contributed by atoms with Crippen molar-refractivity contribution >= 4 is 13.7 Å². The molecule has 2 atom stereocenters. The van der Waals surface area contributed by atoms with E-state index in [0.717, 1.165) is 12.8 Å². The van der Waals surface area contributed by atoms with Crippen LogP contribution in [0.3, 0.4) is 0 Å². The Bertz CT molecular complexity index is 504. The molecule has 6 nitrogen and oxygen atoms in total. The molecule has 0 radical (unpaired) electrons. The molecule has 0 bridgehead atoms. The van der Waals surface area contributed by atoms with Gasteiger partial charge >= 0.3 is 13.7 Å². The van der Waals surface area contributed by atoms with Crippen LogP contribution >= 0.6 is 7.75 Å². The normalized spacial score (nSPS) is 15.1. The van der Waals surface area contributed by atoms with Crippen LogP contribution in [0.2, 0.25) is 0 Å². The van der Waals surface area contributed by atoms with Gasteiger partial charge in [-0.15, -0.1) is 0 Å². The summed E-state index contributed by atoms with van der Waals surface area (Å²) in [4.78, 5) is 12.0. The molecule has 0 saturated carbocycles. The molecule has 0 fully saturated rings. The molecule has 0 aliphatic rings. The summed E-state index contributed by atoms with van der Waals surface area (Å²) in [6, 6.07) is 7.81. The van der Waals surface area contributed by atoms with Crippen LogP contribution in [-0.4, -0.2) is 25.2 Å². The molecule has 0 heterocycles. The Morgan fingerprint density at radius 3 is 2.32 bits per heavy atom. The number of ether oxygens (including phenoxy) is 1. The summed E-state index contributed by atoms with van der Waals surface area (Å²) >= 11 is 0. The molecule has 2 unspecified atom stereocenters. The van der Waals surface area contributed by atoms with Gasteiger partial charge in [0.2, 0.25) is 0 Å². The highest BCUT2D eigenvalue weighted by Crippen LogP contribution is 2.43. The smallest absolute Gasteiger partial charge is 0.459 e. The highest BCUT2D eigenvalue weighted by atomic mass is 31.2. The van der Waals surface area contributed by atoms with Gasteiger partial charge in [0.15, 0.2) is 0 Å². The van der Waals surface area contributed by atoms with Crippen molar-refractivity contribution in [2.45, 2.75) is 45.8 Å². The molecule has 22 heavy (non-hydrogen) atoms. The molecular weight excluding hydrogens is 305 g/mol. The maximum atomic E-state index is 12.5. The summed E-state index contributed by atoms with van der Waals surface area (Å²) in [7, 11) is -2.38. The Labute approximate surface area is 131 Å². The van der Waals surface area contributed by atoms with E-state index in [0.29, 0.717) is 5.75 Å². The van der Waals surface area contributed by atoms with Crippen LogP contribution in [0.25, 0.3) is 0 Å². The first-order valence-corrected chi connectivity index (χ1v) is 8.87. The minimum Gasteiger partial charge on any atom is -0.461 e. The quantitative estimate of drug-likeness (QED) is 0.552. The monoisotopic (exact) mass is 329 g/mol. The van der Waals surface area contributed by atoms with Gasteiger partial charge in [-0.1, -0.05) is 32.0 Å². The van der Waals surface area contributed by atoms with Gasteiger partial charge in [-0.3, -0.25) is 9.32 Å². The Balaban J connectivity index is 2.67. The van der Waals surface area contributed by atoms with Gasteiger partial charge < -0.3 is 9.26 Å². The van der Waals surface area contributed by atoms with E-state index in [-0.39, 0.29) is 6.10 Å². The average molecular weight is 329 g/mol. The lowest BCUT2D eigenvalue weighted by atomic mass is 10.2. The second-order valence-corrected chi connectivity index (χ2v) is 6.61. The molecular formula is C15H24NO5P. The third-order valence-electron chi connectivity index (χ3n) is 3.11. The molecule has 0 aromatic heterocycles. The number of carbonyl (C=O) groups excluding carboxylic acids is 1. The number of benzene rings is 1. The Morgan fingerprint density at radius 2 is 1.82 bits per heavy atom. The molecule has 1 aromatic rings. The molecule has 7 heteroatoms. The molecule has 124 valence electrons. The predicted octanol–water partition coefficient (Wildman–Crippen LogP) is 3.53. The van der Waals surface area contributed by atoms with E-state index < -0.39 is 19.8 Å². The van der Waals surface area contributed by atoms with Crippen molar-refractivity contribution in [3.05, 3.63) is 30.3 Å². The lowest BCUT2D eigenvalue weighted by Gasteiger charge is -2.22. The Morgan fingerprint density at radius 1 is 1.23 bits per heavy atom. The van der Waals surface area contributed by atoms with E-state index >= 15 is 0 Å². The molecule has 0 spiro atoms. The number of rotatable bonds is 9. The number of carbonyl (C=O) groups is 1. The fraction of sp³-hybridized carbons (Fsp3) is 0.533. The fourth-order valence-electron chi connectivity index (χ4n) is 1.75. The summed E-state index contributed by atoms with van der Waals surface area (Å²) in [5.74, 6) is -0.0941. The maximum absolute atomic E-state index is 12.5. The minimum atomic E-state index is -3.64. The van der Waals surface area contributed by atoms with Crippen molar-refractivity contribution in [2.75, 3.05) is 7.11 Å². The first-order chi connectivity index (χ1) is 10.4. The summed E-state index contributed by atoms with van der Waals surface area (Å²) in [6.45, 7) is 5.45. The van der Waals surface area contributed by atoms with E-state index in [4.69, 9.17) is 13.8 Å². The van der Waals surface area contributed by atoms with Gasteiger partial charge in [-0.2, -0.15) is 5.09 Å². The van der Waals surface area contributed by atoms with Crippen molar-refractivity contribution in [3.63, 3.8) is 0 Å². The van der Waals surface area contributed by atoms with Crippen molar-refractivity contribution in [2.24, 2.45) is 0 Å². The van der Waals surface area contributed by atoms with Crippen molar-refractivity contribution in [1.29, 1.82) is 0 Å². The lowest BCUT2D eigenvalue weighted by molar-refractivity contribution is -0.151. The SMILES string of the molecule is CCC(CC)OC(=O)C(C)NP(=O)(OC)Oc1ccccc1. The van der Waals surface area contributed by atoms with E-state index in [2.05, 4.69) is 5.09 Å². The largest absolute Gasteiger partial charge is 0.461 e. The minimum absolute atomic E-state index is 0.145. The molecule has 1 rings (SSSR count).